The van der Waals surface area contributed by atoms with Crippen LogP contribution < -0.4 is 19.7 Å². The number of carbonyl (C=O) groups is 2. The first-order valence-electron chi connectivity index (χ1n) is 10.8. The molecule has 184 valence electrons. The third-order valence-corrected chi connectivity index (χ3v) is 6.52. The Hall–Kier alpha value is -3.40. The predicted molar refractivity (Wildman–Crippen MR) is 145 cm³/mol. The lowest BCUT2D eigenvalue weighted by molar-refractivity contribution is -0.118. The Morgan fingerprint density at radius 2 is 1.86 bits per heavy atom. The minimum absolute atomic E-state index is 0.0467. The second-order valence-corrected chi connectivity index (χ2v) is 9.52. The number of thiocarbonyl (C=S) groups is 1. The summed E-state index contributed by atoms with van der Waals surface area (Å²) in [6, 6.07) is 18.2. The number of benzene rings is 3. The third-order valence-electron chi connectivity index (χ3n) is 4.93. The SMILES string of the molecule is CCOc1cc(/C=C2\SC(=S)N(c3ccccc3)C2=O)cc(Cl)c1OCC(=O)Nc1ccccc1F. The predicted octanol–water partition coefficient (Wildman–Crippen LogP) is 6.30. The van der Waals surface area contributed by atoms with E-state index in [4.69, 9.17) is 33.3 Å². The van der Waals surface area contributed by atoms with Gasteiger partial charge < -0.3 is 14.8 Å². The van der Waals surface area contributed by atoms with Crippen molar-refractivity contribution in [1.29, 1.82) is 0 Å². The Balaban J connectivity index is 1.53. The minimum atomic E-state index is -0.563. The fourth-order valence-corrected chi connectivity index (χ4v) is 4.95. The molecule has 1 aliphatic rings. The van der Waals surface area contributed by atoms with Gasteiger partial charge in [0.1, 0.15) is 5.82 Å². The summed E-state index contributed by atoms with van der Waals surface area (Å²) in [5.41, 5.74) is 1.33. The highest BCUT2D eigenvalue weighted by atomic mass is 35.5. The lowest BCUT2D eigenvalue weighted by Gasteiger charge is -2.15. The van der Waals surface area contributed by atoms with Crippen LogP contribution in [0.1, 0.15) is 12.5 Å². The van der Waals surface area contributed by atoms with Crippen molar-refractivity contribution < 1.29 is 23.5 Å². The maximum Gasteiger partial charge on any atom is 0.270 e. The van der Waals surface area contributed by atoms with Crippen molar-refractivity contribution in [3.8, 4) is 11.5 Å². The second-order valence-electron chi connectivity index (χ2n) is 7.43. The van der Waals surface area contributed by atoms with Crippen LogP contribution in [0.15, 0.2) is 71.6 Å². The summed E-state index contributed by atoms with van der Waals surface area (Å²) in [5.74, 6) is -0.895. The zero-order chi connectivity index (χ0) is 25.7. The summed E-state index contributed by atoms with van der Waals surface area (Å²) in [6.45, 7) is 1.69. The van der Waals surface area contributed by atoms with Gasteiger partial charge in [-0.05, 0) is 55.0 Å². The molecule has 1 aliphatic heterocycles. The Morgan fingerprint density at radius 3 is 2.58 bits per heavy atom. The molecule has 36 heavy (non-hydrogen) atoms. The summed E-state index contributed by atoms with van der Waals surface area (Å²) >= 11 is 13.1. The molecule has 0 unspecified atom stereocenters. The maximum atomic E-state index is 13.8. The number of nitrogens with one attached hydrogen (secondary N) is 1. The number of anilines is 2. The molecule has 0 atom stereocenters. The molecule has 6 nitrogen and oxygen atoms in total. The summed E-state index contributed by atoms with van der Waals surface area (Å²) in [5, 5.41) is 2.63. The fourth-order valence-electron chi connectivity index (χ4n) is 3.38. The molecule has 4 rings (SSSR count). The van der Waals surface area contributed by atoms with E-state index in [0.717, 1.165) is 0 Å². The number of carbonyl (C=O) groups excluding carboxylic acids is 2. The van der Waals surface area contributed by atoms with Crippen LogP contribution in [-0.2, 0) is 9.59 Å². The van der Waals surface area contributed by atoms with Crippen molar-refractivity contribution in [3.63, 3.8) is 0 Å². The van der Waals surface area contributed by atoms with Gasteiger partial charge in [-0.25, -0.2) is 4.39 Å². The first-order chi connectivity index (χ1) is 17.4. The number of thioether (sulfide) groups is 1. The molecule has 2 amide bonds. The number of halogens is 2. The van der Waals surface area contributed by atoms with E-state index >= 15 is 0 Å². The number of amides is 2. The van der Waals surface area contributed by atoms with E-state index in [1.54, 1.807) is 31.2 Å². The van der Waals surface area contributed by atoms with Crippen molar-refractivity contribution in [2.24, 2.45) is 0 Å². The number of hydrogen-bond acceptors (Lipinski definition) is 6. The van der Waals surface area contributed by atoms with E-state index in [1.807, 2.05) is 30.3 Å². The molecule has 0 spiro atoms. The summed E-state index contributed by atoms with van der Waals surface area (Å²) in [7, 11) is 0. The Bertz CT molecular complexity index is 1350. The number of rotatable bonds is 8. The van der Waals surface area contributed by atoms with Crippen molar-refractivity contribution >= 4 is 69.2 Å². The summed E-state index contributed by atoms with van der Waals surface area (Å²) < 4.78 is 25.5. The molecule has 0 aliphatic carbocycles. The van der Waals surface area contributed by atoms with Crippen LogP contribution in [0, 0.1) is 5.82 Å². The highest BCUT2D eigenvalue weighted by molar-refractivity contribution is 8.27. The third kappa shape index (κ3) is 5.87. The highest BCUT2D eigenvalue weighted by Crippen LogP contribution is 2.40. The van der Waals surface area contributed by atoms with Crippen molar-refractivity contribution in [1.82, 2.24) is 0 Å². The lowest BCUT2D eigenvalue weighted by Crippen LogP contribution is -2.27. The van der Waals surface area contributed by atoms with Gasteiger partial charge in [-0.1, -0.05) is 65.9 Å². The smallest absolute Gasteiger partial charge is 0.270 e. The van der Waals surface area contributed by atoms with Crippen LogP contribution in [-0.4, -0.2) is 29.3 Å². The van der Waals surface area contributed by atoms with Gasteiger partial charge in [0.15, 0.2) is 22.4 Å². The van der Waals surface area contributed by atoms with Crippen LogP contribution >= 0.6 is 35.6 Å². The van der Waals surface area contributed by atoms with Crippen molar-refractivity contribution in [3.05, 3.63) is 88.0 Å². The molecule has 0 aromatic heterocycles. The van der Waals surface area contributed by atoms with Crippen LogP contribution in [0.4, 0.5) is 15.8 Å². The highest BCUT2D eigenvalue weighted by Gasteiger charge is 2.33. The molecule has 3 aromatic rings. The molecular weight excluding hydrogens is 523 g/mol. The molecule has 0 radical (unpaired) electrons. The molecule has 1 heterocycles. The summed E-state index contributed by atoms with van der Waals surface area (Å²) in [6.07, 6.45) is 1.67. The van der Waals surface area contributed by atoms with Crippen LogP contribution in [0.5, 0.6) is 11.5 Å². The topological polar surface area (TPSA) is 67.9 Å². The van der Waals surface area contributed by atoms with E-state index in [9.17, 15) is 14.0 Å². The maximum absolute atomic E-state index is 13.8. The molecule has 0 bridgehead atoms. The normalized spacial score (nSPS) is 14.3. The van der Waals surface area contributed by atoms with Gasteiger partial charge in [-0.3, -0.25) is 14.5 Å². The van der Waals surface area contributed by atoms with Gasteiger partial charge in [0.05, 0.1) is 27.9 Å². The Labute approximate surface area is 222 Å². The van der Waals surface area contributed by atoms with E-state index in [2.05, 4.69) is 5.32 Å². The van der Waals surface area contributed by atoms with Gasteiger partial charge in [0.2, 0.25) is 0 Å². The standard InChI is InChI=1S/C26H20ClFN2O4S2/c1-2-33-21-13-16(14-22-25(32)30(26(35)36-22)17-8-4-3-5-9-17)12-18(27)24(21)34-15-23(31)29-20-11-7-6-10-19(20)28/h3-14H,2,15H2,1H3,(H,29,31)/b22-14-. The van der Waals surface area contributed by atoms with E-state index < -0.39 is 18.3 Å². The molecule has 0 saturated carbocycles. The van der Waals surface area contributed by atoms with Crippen LogP contribution in [0.3, 0.4) is 0 Å². The van der Waals surface area contributed by atoms with E-state index in [1.165, 1.54) is 34.9 Å². The minimum Gasteiger partial charge on any atom is -0.490 e. The Morgan fingerprint density at radius 1 is 1.14 bits per heavy atom. The summed E-state index contributed by atoms with van der Waals surface area (Å²) in [4.78, 5) is 27.2. The van der Waals surface area contributed by atoms with E-state index in [-0.39, 0.29) is 22.4 Å². The van der Waals surface area contributed by atoms with Gasteiger partial charge in [0.25, 0.3) is 11.8 Å². The molecule has 10 heteroatoms. The first kappa shape index (κ1) is 25.7. The lowest BCUT2D eigenvalue weighted by atomic mass is 10.1. The van der Waals surface area contributed by atoms with Gasteiger partial charge in [0, 0.05) is 0 Å². The molecule has 3 aromatic carbocycles. The van der Waals surface area contributed by atoms with Gasteiger partial charge >= 0.3 is 0 Å². The molecule has 1 N–H and O–H groups in total. The van der Waals surface area contributed by atoms with Gasteiger partial charge in [-0.2, -0.15) is 0 Å². The van der Waals surface area contributed by atoms with Crippen LogP contribution in [0.2, 0.25) is 5.02 Å². The number of hydrogen-bond donors (Lipinski definition) is 1. The van der Waals surface area contributed by atoms with Gasteiger partial charge in [-0.15, -0.1) is 0 Å². The van der Waals surface area contributed by atoms with Crippen molar-refractivity contribution in [2.75, 3.05) is 23.4 Å². The average molecular weight is 543 g/mol. The van der Waals surface area contributed by atoms with E-state index in [0.29, 0.717) is 32.8 Å². The van der Waals surface area contributed by atoms with Crippen molar-refractivity contribution in [2.45, 2.75) is 6.92 Å². The number of ether oxygens (including phenoxy) is 2. The average Bonchev–Trinajstić information content (AvgIpc) is 3.13. The number of nitrogens with zero attached hydrogens (tertiary/aromatic N) is 1. The monoisotopic (exact) mass is 542 g/mol. The fraction of sp³-hybridized carbons (Fsp3) is 0.115. The first-order valence-corrected chi connectivity index (χ1v) is 12.4. The largest absolute Gasteiger partial charge is 0.490 e. The molecule has 1 fully saturated rings. The Kier molecular flexibility index (Phi) is 8.25. The quantitative estimate of drug-likeness (QED) is 0.266. The second kappa shape index (κ2) is 11.6. The molecule has 1 saturated heterocycles. The molecular formula is C26H20ClFN2O4S2. The number of para-hydroxylation sites is 2. The zero-order valence-corrected chi connectivity index (χ0v) is 21.4. The zero-order valence-electron chi connectivity index (χ0n) is 19.0. The van der Waals surface area contributed by atoms with Crippen LogP contribution in [0.25, 0.3) is 6.08 Å².